The van der Waals surface area contributed by atoms with Crippen molar-refractivity contribution in [2.24, 2.45) is 0 Å². The number of hydrogen-bond acceptors (Lipinski definition) is 6. The maximum absolute atomic E-state index is 13.8. The summed E-state index contributed by atoms with van der Waals surface area (Å²) in [5.74, 6) is -2.63. The van der Waals surface area contributed by atoms with Gasteiger partial charge in [0.05, 0.1) is 28.4 Å². The third-order valence-electron chi connectivity index (χ3n) is 4.93. The summed E-state index contributed by atoms with van der Waals surface area (Å²) >= 11 is 8.17. The van der Waals surface area contributed by atoms with Crippen LogP contribution in [0.4, 0.5) is 51.1 Å². The molecule has 0 aliphatic carbocycles. The van der Waals surface area contributed by atoms with Crippen molar-refractivity contribution in [3.63, 3.8) is 0 Å². The summed E-state index contributed by atoms with van der Waals surface area (Å²) in [6.07, 6.45) is -18.5. The molecule has 18 heteroatoms. The molecule has 0 radical (unpaired) electrons. The summed E-state index contributed by atoms with van der Waals surface area (Å²) in [7, 11) is 0.782. The van der Waals surface area contributed by atoms with Gasteiger partial charge in [0.15, 0.2) is 5.69 Å². The second-order valence-corrected chi connectivity index (χ2v) is 8.75. The fourth-order valence-corrected chi connectivity index (χ4v) is 4.21. The molecule has 39 heavy (non-hydrogen) atoms. The van der Waals surface area contributed by atoms with Gasteiger partial charge in [-0.25, -0.2) is 9.78 Å². The third kappa shape index (κ3) is 6.98. The number of aromatic nitrogens is 2. The molecule has 0 bridgehead atoms. The Labute approximate surface area is 227 Å². The van der Waals surface area contributed by atoms with Crippen LogP contribution < -0.4 is 10.5 Å². The minimum atomic E-state index is -5.42. The van der Waals surface area contributed by atoms with Crippen LogP contribution in [0.2, 0.25) is 5.02 Å². The number of anilines is 2. The Bertz CT molecular complexity index is 1280. The van der Waals surface area contributed by atoms with E-state index in [2.05, 4.69) is 25.7 Å². The Kier molecular flexibility index (Phi) is 9.99. The number of benzene rings is 1. The van der Waals surface area contributed by atoms with Crippen LogP contribution in [0, 0.1) is 0 Å². The van der Waals surface area contributed by atoms with Gasteiger partial charge in [-0.2, -0.15) is 39.5 Å². The lowest BCUT2D eigenvalue weighted by molar-refractivity contribution is -0.153. The second-order valence-electron chi connectivity index (χ2n) is 7.58. The first-order valence-corrected chi connectivity index (χ1v) is 11.8. The van der Waals surface area contributed by atoms with Crippen molar-refractivity contribution in [1.29, 1.82) is 0 Å². The Hall–Kier alpha value is -2.53. The molecule has 0 saturated carbocycles. The van der Waals surface area contributed by atoms with Crippen molar-refractivity contribution in [1.82, 2.24) is 9.55 Å². The second kappa shape index (κ2) is 11.9. The van der Waals surface area contributed by atoms with Crippen LogP contribution in [0.1, 0.15) is 37.1 Å². The largest absolute Gasteiger partial charge is 0.466 e. The average molecular weight is 663 g/mol. The first-order valence-electron chi connectivity index (χ1n) is 10.6. The Morgan fingerprint density at radius 3 is 2.10 bits per heavy atom. The molecule has 0 saturated heterocycles. The minimum absolute atomic E-state index is 0.0131. The number of esters is 1. The molecule has 0 aliphatic rings. The van der Waals surface area contributed by atoms with E-state index in [-0.39, 0.29) is 23.5 Å². The van der Waals surface area contributed by atoms with Crippen LogP contribution in [0.25, 0.3) is 0 Å². The number of carbonyl (C=O) groups excluding carboxylic acids is 1. The van der Waals surface area contributed by atoms with Gasteiger partial charge in [0, 0.05) is 13.2 Å². The summed E-state index contributed by atoms with van der Waals surface area (Å²) in [6, 6.07) is -0.117. The van der Waals surface area contributed by atoms with Crippen LogP contribution >= 0.6 is 27.5 Å². The highest BCUT2D eigenvalue weighted by molar-refractivity contribution is 9.10. The summed E-state index contributed by atoms with van der Waals surface area (Å²) < 4.78 is 133. The zero-order valence-electron chi connectivity index (χ0n) is 20.0. The van der Waals surface area contributed by atoms with E-state index in [0.29, 0.717) is 4.57 Å². The fraction of sp³-hybridized carbons (Fsp3) is 0.476. The van der Waals surface area contributed by atoms with Gasteiger partial charge in [0.2, 0.25) is 12.2 Å². The highest BCUT2D eigenvalue weighted by atomic mass is 79.9. The smallest absolute Gasteiger partial charge is 0.435 e. The van der Waals surface area contributed by atoms with Gasteiger partial charge in [-0.05, 0) is 41.4 Å². The normalized spacial score (nSPS) is 13.4. The van der Waals surface area contributed by atoms with Gasteiger partial charge in [-0.15, -0.1) is 0 Å². The van der Waals surface area contributed by atoms with E-state index >= 15 is 0 Å². The van der Waals surface area contributed by atoms with Gasteiger partial charge in [0.25, 0.3) is 5.56 Å². The van der Waals surface area contributed by atoms with E-state index in [0.717, 1.165) is 7.11 Å². The molecule has 0 aliphatic heterocycles. The molecule has 0 fully saturated rings. The lowest BCUT2D eigenvalue weighted by Gasteiger charge is -2.34. The van der Waals surface area contributed by atoms with Gasteiger partial charge < -0.3 is 9.47 Å². The summed E-state index contributed by atoms with van der Waals surface area (Å²) in [6.45, 7) is 1.83. The molecule has 0 N–H and O–H groups in total. The predicted octanol–water partition coefficient (Wildman–Crippen LogP) is 6.80. The van der Waals surface area contributed by atoms with Crippen LogP contribution in [0.15, 0.2) is 21.4 Å². The van der Waals surface area contributed by atoms with Gasteiger partial charge in [-0.1, -0.05) is 18.5 Å². The highest BCUT2D eigenvalue weighted by Crippen LogP contribution is 2.46. The molecule has 1 atom stereocenters. The van der Waals surface area contributed by atoms with E-state index < -0.39 is 87.4 Å². The fourth-order valence-electron chi connectivity index (χ4n) is 3.32. The van der Waals surface area contributed by atoms with Crippen LogP contribution in [-0.2, 0) is 39.3 Å². The number of rotatable bonds is 8. The molecular formula is C21H18BrClF9N3O4. The van der Waals surface area contributed by atoms with E-state index in [1.54, 1.807) is 0 Å². The van der Waals surface area contributed by atoms with E-state index in [1.807, 2.05) is 0 Å². The van der Waals surface area contributed by atoms with Crippen LogP contribution in [0.5, 0.6) is 0 Å². The predicted molar refractivity (Wildman–Crippen MR) is 123 cm³/mol. The minimum Gasteiger partial charge on any atom is -0.466 e. The first-order chi connectivity index (χ1) is 17.8. The van der Waals surface area contributed by atoms with Crippen molar-refractivity contribution < 1.29 is 53.8 Å². The van der Waals surface area contributed by atoms with E-state index in [9.17, 15) is 49.1 Å². The van der Waals surface area contributed by atoms with E-state index in [1.165, 1.54) is 13.8 Å². The van der Waals surface area contributed by atoms with E-state index in [4.69, 9.17) is 16.3 Å². The number of methoxy groups -OCH3 is 1. The summed E-state index contributed by atoms with van der Waals surface area (Å²) in [5.41, 5.74) is -8.46. The van der Waals surface area contributed by atoms with Gasteiger partial charge in [0.1, 0.15) is 5.02 Å². The lowest BCUT2D eigenvalue weighted by atomic mass is 10.1. The molecule has 0 spiro atoms. The standard InChI is InChI=1S/C21H18BrClF9N3O4/c1-4-6-34-15(36)13(23)14(21(30,31)32)33-18(34)35(16(39-5-2)17(37)38-3)11-8-9(19(24,25)26)7-10(12(11)22)20(27,28)29/h7-8,16H,4-6H2,1-3H3. The topological polar surface area (TPSA) is 73.7 Å². The molecule has 1 aromatic heterocycles. The van der Waals surface area contributed by atoms with Crippen LogP contribution in [-0.4, -0.2) is 35.5 Å². The van der Waals surface area contributed by atoms with Crippen molar-refractivity contribution in [3.05, 3.63) is 48.8 Å². The highest BCUT2D eigenvalue weighted by Gasteiger charge is 2.44. The molecule has 1 unspecified atom stereocenters. The number of nitrogens with zero attached hydrogens (tertiary/aromatic N) is 3. The molecule has 2 aromatic rings. The first kappa shape index (κ1) is 32.7. The zero-order valence-corrected chi connectivity index (χ0v) is 22.3. The van der Waals surface area contributed by atoms with Crippen molar-refractivity contribution >= 4 is 45.1 Å². The number of alkyl halides is 9. The molecule has 7 nitrogen and oxygen atoms in total. The van der Waals surface area contributed by atoms with Gasteiger partial charge in [-0.3, -0.25) is 14.3 Å². The molecule has 0 amide bonds. The Morgan fingerprint density at radius 2 is 1.67 bits per heavy atom. The number of ether oxygens (including phenoxy) is 2. The summed E-state index contributed by atoms with van der Waals surface area (Å²) in [4.78, 5) is 29.0. The number of hydrogen-bond donors (Lipinski definition) is 0. The Morgan fingerprint density at radius 1 is 1.08 bits per heavy atom. The monoisotopic (exact) mass is 661 g/mol. The SMILES string of the molecule is CCCn1c(N(c2cc(C(F)(F)F)cc(C(F)(F)F)c2Br)C(OCC)C(=O)OC)nc(C(F)(F)F)c(Cl)c1=O. The molecule has 1 heterocycles. The van der Waals surface area contributed by atoms with Crippen LogP contribution in [0.3, 0.4) is 0 Å². The molecular weight excluding hydrogens is 645 g/mol. The number of carbonyl (C=O) groups is 1. The quantitative estimate of drug-likeness (QED) is 0.176. The van der Waals surface area contributed by atoms with Crippen molar-refractivity contribution in [3.8, 4) is 0 Å². The average Bonchev–Trinajstić information content (AvgIpc) is 2.80. The molecule has 1 aromatic carbocycles. The molecule has 218 valence electrons. The summed E-state index contributed by atoms with van der Waals surface area (Å²) in [5, 5.41) is -1.41. The van der Waals surface area contributed by atoms with Crippen molar-refractivity contribution in [2.45, 2.75) is 51.6 Å². The maximum atomic E-state index is 13.8. The molecule has 2 rings (SSSR count). The third-order valence-corrected chi connectivity index (χ3v) is 6.11. The van der Waals surface area contributed by atoms with Gasteiger partial charge >= 0.3 is 24.5 Å². The van der Waals surface area contributed by atoms with Crippen molar-refractivity contribution in [2.75, 3.05) is 18.6 Å². The zero-order chi connectivity index (χ0) is 30.1. The number of halogens is 11. The maximum Gasteiger partial charge on any atom is 0.435 e. The lowest BCUT2D eigenvalue weighted by Crippen LogP contribution is -2.45. The Balaban J connectivity index is 3.24.